The van der Waals surface area contributed by atoms with Gasteiger partial charge in [-0.1, -0.05) is 26.2 Å². The van der Waals surface area contributed by atoms with Crippen LogP contribution in [0.3, 0.4) is 0 Å². The van der Waals surface area contributed by atoms with E-state index < -0.39 is 0 Å². The van der Waals surface area contributed by atoms with Crippen molar-refractivity contribution in [2.75, 3.05) is 19.7 Å². The molecule has 2 heteroatoms. The smallest absolute Gasteiger partial charge is 0.0431 e. The zero-order valence-corrected chi connectivity index (χ0v) is 10.9. The van der Waals surface area contributed by atoms with E-state index >= 15 is 0 Å². The van der Waals surface area contributed by atoms with Gasteiger partial charge in [-0.3, -0.25) is 0 Å². The van der Waals surface area contributed by atoms with Crippen LogP contribution in [0, 0.1) is 11.8 Å². The number of unbranched alkanes of at least 4 members (excludes halogenated alkanes) is 2. The summed E-state index contributed by atoms with van der Waals surface area (Å²) in [6.45, 7) is 5.02. The van der Waals surface area contributed by atoms with Gasteiger partial charge in [0.2, 0.25) is 0 Å². The zero-order chi connectivity index (χ0) is 11.6. The van der Waals surface area contributed by atoms with Gasteiger partial charge in [-0.25, -0.2) is 0 Å². The van der Waals surface area contributed by atoms with Crippen molar-refractivity contribution in [2.45, 2.75) is 58.3 Å². The highest BCUT2D eigenvalue weighted by Gasteiger charge is 2.19. The van der Waals surface area contributed by atoms with Crippen LogP contribution in [0.5, 0.6) is 0 Å². The molecule has 0 heterocycles. The van der Waals surface area contributed by atoms with Gasteiger partial charge < -0.3 is 10.4 Å². The van der Waals surface area contributed by atoms with Crippen molar-refractivity contribution in [3.8, 4) is 0 Å². The molecule has 1 aliphatic rings. The third kappa shape index (κ3) is 5.86. The lowest BCUT2D eigenvalue weighted by Crippen LogP contribution is -2.27. The molecular formula is C14H29NO. The highest BCUT2D eigenvalue weighted by molar-refractivity contribution is 4.73. The highest BCUT2D eigenvalue weighted by atomic mass is 16.2. The molecule has 0 spiro atoms. The van der Waals surface area contributed by atoms with Crippen molar-refractivity contribution in [3.63, 3.8) is 0 Å². The maximum Gasteiger partial charge on any atom is 0.0431 e. The van der Waals surface area contributed by atoms with Crippen molar-refractivity contribution >= 4 is 0 Å². The summed E-state index contributed by atoms with van der Waals surface area (Å²) >= 11 is 0. The van der Waals surface area contributed by atoms with E-state index in [0.29, 0.717) is 6.61 Å². The van der Waals surface area contributed by atoms with E-state index in [1.165, 1.54) is 45.1 Å². The molecule has 0 radical (unpaired) electrons. The molecule has 2 nitrogen and oxygen atoms in total. The fraction of sp³-hybridized carbons (Fsp3) is 1.00. The predicted octanol–water partition coefficient (Wildman–Crippen LogP) is 2.96. The molecule has 2 N–H and O–H groups in total. The van der Waals surface area contributed by atoms with Crippen molar-refractivity contribution < 1.29 is 5.11 Å². The second kappa shape index (κ2) is 9.00. The third-order valence-corrected chi connectivity index (χ3v) is 3.99. The Morgan fingerprint density at radius 1 is 1.00 bits per heavy atom. The summed E-state index contributed by atoms with van der Waals surface area (Å²) in [4.78, 5) is 0. The zero-order valence-electron chi connectivity index (χ0n) is 10.9. The molecule has 0 aromatic heterocycles. The summed E-state index contributed by atoms with van der Waals surface area (Å²) in [5.41, 5.74) is 0. The van der Waals surface area contributed by atoms with Crippen LogP contribution in [0.1, 0.15) is 58.3 Å². The summed E-state index contributed by atoms with van der Waals surface area (Å²) in [7, 11) is 0. The Bertz CT molecular complexity index is 153. The number of aliphatic hydroxyl groups is 1. The SMILES string of the molecule is CCC1CCC(CNCCCCCO)CC1. The lowest BCUT2D eigenvalue weighted by molar-refractivity contribution is 0.261. The maximum atomic E-state index is 8.65. The second-order valence-electron chi connectivity index (χ2n) is 5.28. The van der Waals surface area contributed by atoms with Crippen LogP contribution < -0.4 is 5.32 Å². The summed E-state index contributed by atoms with van der Waals surface area (Å²) < 4.78 is 0. The topological polar surface area (TPSA) is 32.3 Å². The van der Waals surface area contributed by atoms with Crippen LogP contribution in [0.2, 0.25) is 0 Å². The van der Waals surface area contributed by atoms with Crippen LogP contribution in [-0.2, 0) is 0 Å². The third-order valence-electron chi connectivity index (χ3n) is 3.99. The lowest BCUT2D eigenvalue weighted by atomic mass is 9.81. The van der Waals surface area contributed by atoms with E-state index in [-0.39, 0.29) is 0 Å². The van der Waals surface area contributed by atoms with E-state index in [9.17, 15) is 0 Å². The highest BCUT2D eigenvalue weighted by Crippen LogP contribution is 2.29. The number of nitrogens with one attached hydrogen (secondary N) is 1. The van der Waals surface area contributed by atoms with Gasteiger partial charge in [-0.05, 0) is 57.0 Å². The van der Waals surface area contributed by atoms with E-state index in [1.54, 1.807) is 0 Å². The molecule has 0 aromatic rings. The van der Waals surface area contributed by atoms with Gasteiger partial charge in [0.15, 0.2) is 0 Å². The number of hydrogen-bond donors (Lipinski definition) is 2. The monoisotopic (exact) mass is 227 g/mol. The van der Waals surface area contributed by atoms with Gasteiger partial charge in [0, 0.05) is 6.61 Å². The number of rotatable bonds is 8. The van der Waals surface area contributed by atoms with Crippen LogP contribution in [0.15, 0.2) is 0 Å². The van der Waals surface area contributed by atoms with Gasteiger partial charge in [0.25, 0.3) is 0 Å². The van der Waals surface area contributed by atoms with Gasteiger partial charge in [-0.15, -0.1) is 0 Å². The van der Waals surface area contributed by atoms with Crippen LogP contribution in [0.25, 0.3) is 0 Å². The summed E-state index contributed by atoms with van der Waals surface area (Å²) in [6, 6.07) is 0. The van der Waals surface area contributed by atoms with E-state index in [0.717, 1.165) is 31.2 Å². The fourth-order valence-corrected chi connectivity index (χ4v) is 2.69. The molecule has 0 unspecified atom stereocenters. The summed E-state index contributed by atoms with van der Waals surface area (Å²) in [6.07, 6.45) is 10.5. The van der Waals surface area contributed by atoms with Crippen LogP contribution in [0.4, 0.5) is 0 Å². The molecule has 16 heavy (non-hydrogen) atoms. The summed E-state index contributed by atoms with van der Waals surface area (Å²) in [5.74, 6) is 1.95. The molecule has 0 aliphatic heterocycles. The normalized spacial score (nSPS) is 25.9. The Hall–Kier alpha value is -0.0800. The summed E-state index contributed by atoms with van der Waals surface area (Å²) in [5, 5.41) is 12.2. The molecule has 1 saturated carbocycles. The Labute approximate surface area is 101 Å². The van der Waals surface area contributed by atoms with E-state index in [1.807, 2.05) is 0 Å². The average Bonchev–Trinajstić information content (AvgIpc) is 2.34. The van der Waals surface area contributed by atoms with Crippen LogP contribution in [-0.4, -0.2) is 24.8 Å². The molecule has 1 rings (SSSR count). The quantitative estimate of drug-likeness (QED) is 0.625. The molecule has 1 aliphatic carbocycles. The van der Waals surface area contributed by atoms with Crippen molar-refractivity contribution in [3.05, 3.63) is 0 Å². The molecule has 0 aromatic carbocycles. The van der Waals surface area contributed by atoms with Crippen LogP contribution >= 0.6 is 0 Å². The lowest BCUT2D eigenvalue weighted by Gasteiger charge is -2.27. The Morgan fingerprint density at radius 2 is 1.69 bits per heavy atom. The molecule has 1 fully saturated rings. The average molecular weight is 227 g/mol. The number of aliphatic hydroxyl groups excluding tert-OH is 1. The molecular weight excluding hydrogens is 198 g/mol. The van der Waals surface area contributed by atoms with Crippen molar-refractivity contribution in [1.82, 2.24) is 5.32 Å². The molecule has 0 bridgehead atoms. The first-order valence-corrected chi connectivity index (χ1v) is 7.18. The predicted molar refractivity (Wildman–Crippen MR) is 69.5 cm³/mol. The van der Waals surface area contributed by atoms with Gasteiger partial charge in [-0.2, -0.15) is 0 Å². The Balaban J connectivity index is 1.90. The maximum absolute atomic E-state index is 8.65. The molecule has 0 atom stereocenters. The molecule has 0 saturated heterocycles. The minimum absolute atomic E-state index is 0.348. The van der Waals surface area contributed by atoms with E-state index in [4.69, 9.17) is 5.11 Å². The Kier molecular flexibility index (Phi) is 7.87. The molecule has 96 valence electrons. The first kappa shape index (κ1) is 14.0. The first-order chi connectivity index (χ1) is 7.86. The minimum atomic E-state index is 0.348. The van der Waals surface area contributed by atoms with Crippen molar-refractivity contribution in [2.24, 2.45) is 11.8 Å². The largest absolute Gasteiger partial charge is 0.396 e. The molecule has 0 amide bonds. The van der Waals surface area contributed by atoms with E-state index in [2.05, 4.69) is 12.2 Å². The standard InChI is InChI=1S/C14H29NO/c1-2-13-6-8-14(9-7-13)12-15-10-4-3-5-11-16/h13-16H,2-12H2,1H3. The van der Waals surface area contributed by atoms with Gasteiger partial charge >= 0.3 is 0 Å². The van der Waals surface area contributed by atoms with Gasteiger partial charge in [0.05, 0.1) is 0 Å². The second-order valence-corrected chi connectivity index (χ2v) is 5.28. The number of hydrogen-bond acceptors (Lipinski definition) is 2. The van der Waals surface area contributed by atoms with Crippen molar-refractivity contribution in [1.29, 1.82) is 0 Å². The first-order valence-electron chi connectivity index (χ1n) is 7.18. The Morgan fingerprint density at radius 3 is 2.31 bits per heavy atom. The van der Waals surface area contributed by atoms with Gasteiger partial charge in [0.1, 0.15) is 0 Å². The minimum Gasteiger partial charge on any atom is -0.396 e. The fourth-order valence-electron chi connectivity index (χ4n) is 2.69.